The number of nitrogens with one attached hydrogen (secondary N) is 3. The van der Waals surface area contributed by atoms with Gasteiger partial charge in [0.05, 0.1) is 17.3 Å². The fourth-order valence-corrected chi connectivity index (χ4v) is 7.08. The number of para-hydroxylation sites is 1. The van der Waals surface area contributed by atoms with Gasteiger partial charge in [0, 0.05) is 17.8 Å². The van der Waals surface area contributed by atoms with Crippen molar-refractivity contribution in [1.82, 2.24) is 5.32 Å². The fraction of sp³-hybridized carbons (Fsp3) is 0.375. The Morgan fingerprint density at radius 3 is 2.54 bits per heavy atom. The molecule has 2 bridgehead atoms. The maximum absolute atomic E-state index is 13.4. The molecule has 5 atom stereocenters. The van der Waals surface area contributed by atoms with Crippen LogP contribution in [0.4, 0.5) is 11.4 Å². The lowest BCUT2D eigenvalue weighted by molar-refractivity contribution is 0.0954. The monoisotopic (exact) mass is 493 g/mol. The highest BCUT2D eigenvalue weighted by Gasteiger charge is 2.53. The van der Waals surface area contributed by atoms with Crippen molar-refractivity contribution in [1.29, 1.82) is 0 Å². The van der Waals surface area contributed by atoms with Crippen molar-refractivity contribution >= 4 is 23.2 Å². The summed E-state index contributed by atoms with van der Waals surface area (Å²) in [6.07, 6.45) is 5.82. The van der Waals surface area contributed by atoms with Gasteiger partial charge < -0.3 is 16.0 Å². The predicted molar refractivity (Wildman–Crippen MR) is 148 cm³/mol. The normalized spacial score (nSPS) is 25.1. The summed E-state index contributed by atoms with van der Waals surface area (Å²) < 4.78 is 0. The Kier molecular flexibility index (Phi) is 6.45. The van der Waals surface area contributed by atoms with Gasteiger partial charge in [0.2, 0.25) is 0 Å². The standard InChI is InChI=1S/C32H35N3O2/c1-2-3-17-33-32(37)24-11-7-8-12-26(24)35-31(36)23-15-16-27-25(19-23)28-21-13-14-22(18-21)29(28)30(34-27)20-9-5-4-6-10-20/h4-12,15-16,19,21-22,28-30,34H,2-3,13-14,17-18H2,1H3,(H,33,37)(H,35,36)/t21-,22-,28-,29-,30+/m0/s1. The summed E-state index contributed by atoms with van der Waals surface area (Å²) in [4.78, 5) is 26.1. The van der Waals surface area contributed by atoms with Gasteiger partial charge >= 0.3 is 0 Å². The Morgan fingerprint density at radius 2 is 1.70 bits per heavy atom. The summed E-state index contributed by atoms with van der Waals surface area (Å²) in [5.74, 6) is 2.12. The summed E-state index contributed by atoms with van der Waals surface area (Å²) in [5, 5.41) is 9.82. The molecule has 1 aliphatic heterocycles. The van der Waals surface area contributed by atoms with E-state index in [1.165, 1.54) is 30.4 Å². The molecule has 3 N–H and O–H groups in total. The van der Waals surface area contributed by atoms with Crippen molar-refractivity contribution in [3.8, 4) is 0 Å². The average Bonchev–Trinajstić information content (AvgIpc) is 3.56. The van der Waals surface area contributed by atoms with Crippen LogP contribution in [-0.4, -0.2) is 18.4 Å². The summed E-state index contributed by atoms with van der Waals surface area (Å²) in [6, 6.07) is 24.4. The molecule has 1 heterocycles. The van der Waals surface area contributed by atoms with Crippen LogP contribution in [0.1, 0.15) is 82.8 Å². The molecule has 190 valence electrons. The lowest BCUT2D eigenvalue weighted by atomic mass is 9.68. The summed E-state index contributed by atoms with van der Waals surface area (Å²) in [5.41, 5.74) is 5.45. The molecule has 3 aromatic rings. The van der Waals surface area contributed by atoms with Crippen molar-refractivity contribution in [2.24, 2.45) is 17.8 Å². The SMILES string of the molecule is CCCCNC(=O)c1ccccc1NC(=O)c1ccc2c(c1)[C@@H]1[C@H]3CC[C@@H](C3)[C@@H]1[C@@H](c1ccccc1)N2. The Bertz CT molecular complexity index is 1300. The fourth-order valence-electron chi connectivity index (χ4n) is 7.08. The van der Waals surface area contributed by atoms with E-state index in [0.717, 1.165) is 24.4 Å². The number of amides is 2. The van der Waals surface area contributed by atoms with Crippen LogP contribution in [0.25, 0.3) is 0 Å². The number of fused-ring (bicyclic) bond motifs is 7. The lowest BCUT2D eigenvalue weighted by Crippen LogP contribution is -2.35. The van der Waals surface area contributed by atoms with Crippen molar-refractivity contribution in [3.63, 3.8) is 0 Å². The number of carbonyl (C=O) groups is 2. The molecule has 0 radical (unpaired) electrons. The molecule has 2 aliphatic carbocycles. The molecule has 0 saturated heterocycles. The first-order valence-electron chi connectivity index (χ1n) is 13.8. The van der Waals surface area contributed by atoms with Crippen molar-refractivity contribution in [3.05, 3.63) is 95.1 Å². The van der Waals surface area contributed by atoms with E-state index in [2.05, 4.69) is 65.3 Å². The van der Waals surface area contributed by atoms with Gasteiger partial charge in [0.25, 0.3) is 11.8 Å². The van der Waals surface area contributed by atoms with Crippen LogP contribution in [0.15, 0.2) is 72.8 Å². The minimum absolute atomic E-state index is 0.157. The Balaban J connectivity index is 1.27. The third kappa shape index (κ3) is 4.41. The molecule has 37 heavy (non-hydrogen) atoms. The lowest BCUT2D eigenvalue weighted by Gasteiger charge is -2.43. The summed E-state index contributed by atoms with van der Waals surface area (Å²) in [7, 11) is 0. The smallest absolute Gasteiger partial charge is 0.255 e. The third-order valence-electron chi connectivity index (χ3n) is 8.74. The zero-order chi connectivity index (χ0) is 25.4. The van der Waals surface area contributed by atoms with Gasteiger partial charge in [-0.1, -0.05) is 55.8 Å². The maximum Gasteiger partial charge on any atom is 0.255 e. The number of carbonyl (C=O) groups excluding carboxylic acids is 2. The molecule has 3 aliphatic rings. The molecular formula is C32H35N3O2. The minimum atomic E-state index is -0.179. The van der Waals surface area contributed by atoms with Crippen LogP contribution >= 0.6 is 0 Å². The molecule has 0 unspecified atom stereocenters. The van der Waals surface area contributed by atoms with Crippen LogP contribution in [0.3, 0.4) is 0 Å². The van der Waals surface area contributed by atoms with E-state index in [1.807, 2.05) is 18.2 Å². The van der Waals surface area contributed by atoms with Crippen LogP contribution in [0, 0.1) is 17.8 Å². The number of anilines is 2. The van der Waals surface area contributed by atoms with E-state index in [9.17, 15) is 9.59 Å². The molecule has 0 spiro atoms. The van der Waals surface area contributed by atoms with Crippen LogP contribution in [-0.2, 0) is 0 Å². The highest BCUT2D eigenvalue weighted by Crippen LogP contribution is 2.63. The highest BCUT2D eigenvalue weighted by molar-refractivity contribution is 6.09. The van der Waals surface area contributed by atoms with Crippen LogP contribution in [0.5, 0.6) is 0 Å². The quantitative estimate of drug-likeness (QED) is 0.318. The zero-order valence-corrected chi connectivity index (χ0v) is 21.4. The molecular weight excluding hydrogens is 458 g/mol. The second kappa shape index (κ2) is 10.0. The molecule has 2 fully saturated rings. The van der Waals surface area contributed by atoms with Gasteiger partial charge in [0.15, 0.2) is 0 Å². The second-order valence-electron chi connectivity index (χ2n) is 10.9. The first kappa shape index (κ1) is 23.8. The van der Waals surface area contributed by atoms with E-state index in [-0.39, 0.29) is 11.8 Å². The number of rotatable bonds is 7. The molecule has 6 rings (SSSR count). The number of hydrogen-bond acceptors (Lipinski definition) is 3. The molecule has 5 heteroatoms. The number of hydrogen-bond donors (Lipinski definition) is 3. The van der Waals surface area contributed by atoms with Gasteiger partial charge in [-0.25, -0.2) is 0 Å². The van der Waals surface area contributed by atoms with Gasteiger partial charge in [0.1, 0.15) is 0 Å². The van der Waals surface area contributed by atoms with Crippen molar-refractivity contribution in [2.45, 2.75) is 51.0 Å². The largest absolute Gasteiger partial charge is 0.378 e. The topological polar surface area (TPSA) is 70.2 Å². The van der Waals surface area contributed by atoms with Gasteiger partial charge in [-0.15, -0.1) is 0 Å². The molecule has 2 saturated carbocycles. The minimum Gasteiger partial charge on any atom is -0.378 e. The second-order valence-corrected chi connectivity index (χ2v) is 10.9. The van der Waals surface area contributed by atoms with Gasteiger partial charge in [-0.3, -0.25) is 9.59 Å². The Labute approximate surface area is 219 Å². The summed E-state index contributed by atoms with van der Waals surface area (Å²) >= 11 is 0. The van der Waals surface area contributed by atoms with Gasteiger partial charge in [-0.2, -0.15) is 0 Å². The van der Waals surface area contributed by atoms with Crippen molar-refractivity contribution in [2.75, 3.05) is 17.2 Å². The predicted octanol–water partition coefficient (Wildman–Crippen LogP) is 6.77. The van der Waals surface area contributed by atoms with E-state index in [4.69, 9.17) is 0 Å². The van der Waals surface area contributed by atoms with Crippen LogP contribution in [0.2, 0.25) is 0 Å². The van der Waals surface area contributed by atoms with E-state index < -0.39 is 0 Å². The molecule has 5 nitrogen and oxygen atoms in total. The first-order chi connectivity index (χ1) is 18.1. The average molecular weight is 494 g/mol. The third-order valence-corrected chi connectivity index (χ3v) is 8.74. The number of unbranched alkanes of at least 4 members (excludes halogenated alkanes) is 1. The van der Waals surface area contributed by atoms with E-state index >= 15 is 0 Å². The highest BCUT2D eigenvalue weighted by atomic mass is 16.2. The van der Waals surface area contributed by atoms with Crippen LogP contribution < -0.4 is 16.0 Å². The van der Waals surface area contributed by atoms with E-state index in [0.29, 0.717) is 47.2 Å². The maximum atomic E-state index is 13.4. The molecule has 0 aromatic heterocycles. The van der Waals surface area contributed by atoms with E-state index in [1.54, 1.807) is 12.1 Å². The molecule has 2 amide bonds. The number of benzene rings is 3. The Morgan fingerprint density at radius 1 is 0.919 bits per heavy atom. The van der Waals surface area contributed by atoms with Crippen molar-refractivity contribution < 1.29 is 9.59 Å². The Hall–Kier alpha value is -3.60. The zero-order valence-electron chi connectivity index (χ0n) is 21.4. The summed E-state index contributed by atoms with van der Waals surface area (Å²) in [6.45, 7) is 2.72. The molecule has 3 aromatic carbocycles. The van der Waals surface area contributed by atoms with Gasteiger partial charge in [-0.05, 0) is 90.8 Å². The first-order valence-corrected chi connectivity index (χ1v) is 13.8.